The molecule has 1 rings (SSSR count). The standard InChI is InChI=1S/C13H22N2S/c1-13(2,11-14)7-3-4-10-16-12-5-8-15-9-6-12/h5-6,8-9H,3-4,7,10-11,14H2,1-2H3. The third-order valence-corrected chi connectivity index (χ3v) is 3.82. The Labute approximate surface area is 103 Å². The van der Waals surface area contributed by atoms with Crippen molar-refractivity contribution >= 4 is 11.8 Å². The van der Waals surface area contributed by atoms with Gasteiger partial charge in [0, 0.05) is 17.3 Å². The molecule has 16 heavy (non-hydrogen) atoms. The second kappa shape index (κ2) is 6.92. The number of rotatable bonds is 7. The lowest BCUT2D eigenvalue weighted by molar-refractivity contribution is 0.336. The molecule has 0 aromatic carbocycles. The van der Waals surface area contributed by atoms with Gasteiger partial charge in [0.1, 0.15) is 0 Å². The van der Waals surface area contributed by atoms with Gasteiger partial charge >= 0.3 is 0 Å². The Balaban J connectivity index is 2.09. The van der Waals surface area contributed by atoms with Gasteiger partial charge in [0.2, 0.25) is 0 Å². The third kappa shape index (κ3) is 5.52. The first kappa shape index (κ1) is 13.5. The van der Waals surface area contributed by atoms with Gasteiger partial charge in [-0.1, -0.05) is 20.3 Å². The van der Waals surface area contributed by atoms with Crippen LogP contribution in [0.2, 0.25) is 0 Å². The zero-order chi connectivity index (χ0) is 11.9. The molecule has 0 bridgehead atoms. The van der Waals surface area contributed by atoms with Gasteiger partial charge in [-0.15, -0.1) is 11.8 Å². The van der Waals surface area contributed by atoms with Crippen LogP contribution in [0.15, 0.2) is 29.4 Å². The monoisotopic (exact) mass is 238 g/mol. The number of pyridine rings is 1. The van der Waals surface area contributed by atoms with E-state index in [1.807, 2.05) is 24.2 Å². The van der Waals surface area contributed by atoms with Gasteiger partial charge in [-0.2, -0.15) is 0 Å². The first-order valence-corrected chi connectivity index (χ1v) is 6.85. The van der Waals surface area contributed by atoms with Crippen LogP contribution in [0.3, 0.4) is 0 Å². The van der Waals surface area contributed by atoms with E-state index < -0.39 is 0 Å². The fourth-order valence-corrected chi connectivity index (χ4v) is 2.33. The molecule has 1 heterocycles. The van der Waals surface area contributed by atoms with Crippen molar-refractivity contribution in [3.05, 3.63) is 24.5 Å². The highest BCUT2D eigenvalue weighted by Crippen LogP contribution is 2.23. The molecule has 0 fully saturated rings. The van der Waals surface area contributed by atoms with E-state index in [1.54, 1.807) is 0 Å². The topological polar surface area (TPSA) is 38.9 Å². The summed E-state index contributed by atoms with van der Waals surface area (Å²) in [6.45, 7) is 5.26. The maximum Gasteiger partial charge on any atom is 0.0278 e. The summed E-state index contributed by atoms with van der Waals surface area (Å²) in [5, 5.41) is 0. The Morgan fingerprint density at radius 1 is 1.25 bits per heavy atom. The Hall–Kier alpha value is -0.540. The molecule has 0 aliphatic rings. The minimum Gasteiger partial charge on any atom is -0.330 e. The summed E-state index contributed by atoms with van der Waals surface area (Å²) in [5.74, 6) is 1.19. The predicted octanol–water partition coefficient (Wildman–Crippen LogP) is 3.33. The molecule has 0 radical (unpaired) electrons. The van der Waals surface area contributed by atoms with Gasteiger partial charge in [-0.3, -0.25) is 4.98 Å². The molecule has 0 atom stereocenters. The molecule has 1 aromatic rings. The zero-order valence-corrected chi connectivity index (χ0v) is 11.1. The normalized spacial score (nSPS) is 11.7. The maximum absolute atomic E-state index is 5.70. The molecule has 90 valence electrons. The molecule has 0 amide bonds. The summed E-state index contributed by atoms with van der Waals surface area (Å²) >= 11 is 1.91. The third-order valence-electron chi connectivity index (χ3n) is 2.72. The first-order chi connectivity index (χ1) is 7.64. The molecule has 0 unspecified atom stereocenters. The highest BCUT2D eigenvalue weighted by molar-refractivity contribution is 7.99. The SMILES string of the molecule is CC(C)(CN)CCCCSc1ccncc1. The van der Waals surface area contributed by atoms with Crippen molar-refractivity contribution in [1.29, 1.82) is 0 Å². The van der Waals surface area contributed by atoms with E-state index in [9.17, 15) is 0 Å². The summed E-state index contributed by atoms with van der Waals surface area (Å²) in [6, 6.07) is 4.13. The average molecular weight is 238 g/mol. The fourth-order valence-electron chi connectivity index (χ4n) is 1.43. The van der Waals surface area contributed by atoms with E-state index in [2.05, 4.69) is 31.0 Å². The van der Waals surface area contributed by atoms with Crippen LogP contribution < -0.4 is 5.73 Å². The van der Waals surface area contributed by atoms with Gasteiger partial charge in [-0.05, 0) is 42.7 Å². The summed E-state index contributed by atoms with van der Waals surface area (Å²) in [4.78, 5) is 5.32. The van der Waals surface area contributed by atoms with Crippen molar-refractivity contribution in [2.24, 2.45) is 11.1 Å². The van der Waals surface area contributed by atoms with Crippen LogP contribution >= 0.6 is 11.8 Å². The Bertz CT molecular complexity index is 285. The number of thioether (sulfide) groups is 1. The van der Waals surface area contributed by atoms with Crippen LogP contribution in [-0.4, -0.2) is 17.3 Å². The quantitative estimate of drug-likeness (QED) is 0.585. The van der Waals surface area contributed by atoms with Crippen molar-refractivity contribution in [3.8, 4) is 0 Å². The number of aromatic nitrogens is 1. The van der Waals surface area contributed by atoms with E-state index in [-0.39, 0.29) is 0 Å². The van der Waals surface area contributed by atoms with Crippen molar-refractivity contribution in [2.75, 3.05) is 12.3 Å². The molecule has 0 aliphatic carbocycles. The molecular weight excluding hydrogens is 216 g/mol. The molecular formula is C13H22N2S. The smallest absolute Gasteiger partial charge is 0.0278 e. The molecule has 0 spiro atoms. The Kier molecular flexibility index (Phi) is 5.85. The number of unbranched alkanes of at least 4 members (excludes halogenated alkanes) is 1. The van der Waals surface area contributed by atoms with Crippen LogP contribution in [0.25, 0.3) is 0 Å². The fraction of sp³-hybridized carbons (Fsp3) is 0.615. The van der Waals surface area contributed by atoms with E-state index in [1.165, 1.54) is 29.9 Å². The number of hydrogen-bond donors (Lipinski definition) is 1. The molecule has 0 saturated heterocycles. The summed E-state index contributed by atoms with van der Waals surface area (Å²) < 4.78 is 0. The molecule has 2 nitrogen and oxygen atoms in total. The van der Waals surface area contributed by atoms with Crippen LogP contribution in [0.1, 0.15) is 33.1 Å². The lowest BCUT2D eigenvalue weighted by Gasteiger charge is -2.21. The van der Waals surface area contributed by atoms with Gasteiger partial charge in [0.05, 0.1) is 0 Å². The molecule has 3 heteroatoms. The van der Waals surface area contributed by atoms with Crippen molar-refractivity contribution in [1.82, 2.24) is 4.98 Å². The lowest BCUT2D eigenvalue weighted by Crippen LogP contribution is -2.23. The first-order valence-electron chi connectivity index (χ1n) is 5.87. The minimum atomic E-state index is 0.307. The van der Waals surface area contributed by atoms with Crippen LogP contribution in [0.5, 0.6) is 0 Å². The maximum atomic E-state index is 5.70. The Morgan fingerprint density at radius 2 is 1.94 bits per heavy atom. The summed E-state index contributed by atoms with van der Waals surface area (Å²) in [5.41, 5.74) is 6.01. The van der Waals surface area contributed by atoms with Crippen molar-refractivity contribution in [2.45, 2.75) is 38.0 Å². The van der Waals surface area contributed by atoms with Crippen LogP contribution in [-0.2, 0) is 0 Å². The second-order valence-electron chi connectivity index (χ2n) is 4.86. The highest BCUT2D eigenvalue weighted by Gasteiger charge is 2.14. The van der Waals surface area contributed by atoms with Crippen molar-refractivity contribution in [3.63, 3.8) is 0 Å². The second-order valence-corrected chi connectivity index (χ2v) is 6.03. The number of nitrogens with zero attached hydrogens (tertiary/aromatic N) is 1. The van der Waals surface area contributed by atoms with E-state index >= 15 is 0 Å². The van der Waals surface area contributed by atoms with Gasteiger partial charge in [0.15, 0.2) is 0 Å². The van der Waals surface area contributed by atoms with Gasteiger partial charge in [0.25, 0.3) is 0 Å². The van der Waals surface area contributed by atoms with Crippen LogP contribution in [0, 0.1) is 5.41 Å². The minimum absolute atomic E-state index is 0.307. The van der Waals surface area contributed by atoms with Crippen molar-refractivity contribution < 1.29 is 0 Å². The van der Waals surface area contributed by atoms with Gasteiger partial charge < -0.3 is 5.73 Å². The molecule has 0 saturated carbocycles. The highest BCUT2D eigenvalue weighted by atomic mass is 32.2. The summed E-state index contributed by atoms with van der Waals surface area (Å²) in [7, 11) is 0. The number of nitrogens with two attached hydrogens (primary N) is 1. The van der Waals surface area contributed by atoms with Gasteiger partial charge in [-0.25, -0.2) is 0 Å². The molecule has 1 aromatic heterocycles. The van der Waals surface area contributed by atoms with E-state index in [0.717, 1.165) is 6.54 Å². The lowest BCUT2D eigenvalue weighted by atomic mass is 9.88. The van der Waals surface area contributed by atoms with E-state index in [0.29, 0.717) is 5.41 Å². The molecule has 0 aliphatic heterocycles. The molecule has 2 N–H and O–H groups in total. The Morgan fingerprint density at radius 3 is 2.56 bits per heavy atom. The zero-order valence-electron chi connectivity index (χ0n) is 10.3. The largest absolute Gasteiger partial charge is 0.330 e. The average Bonchev–Trinajstić information content (AvgIpc) is 2.30. The number of hydrogen-bond acceptors (Lipinski definition) is 3. The van der Waals surface area contributed by atoms with E-state index in [4.69, 9.17) is 5.73 Å². The predicted molar refractivity (Wildman–Crippen MR) is 71.6 cm³/mol. The van der Waals surface area contributed by atoms with Crippen LogP contribution in [0.4, 0.5) is 0 Å². The summed E-state index contributed by atoms with van der Waals surface area (Å²) in [6.07, 6.45) is 7.44.